The maximum Gasteiger partial charge on any atom is 0.163 e. The van der Waals surface area contributed by atoms with E-state index >= 15 is 0 Å². The van der Waals surface area contributed by atoms with Gasteiger partial charge in [0.05, 0.1) is 24.8 Å². The average Bonchev–Trinajstić information content (AvgIpc) is 3.54. The molecule has 2 saturated heterocycles. The number of rotatable bonds is 14. The molecule has 2 aliphatic rings. The third-order valence-corrected chi connectivity index (χ3v) is 9.09. The Morgan fingerprint density at radius 3 is 1.78 bits per heavy atom. The Hall–Kier alpha value is -3.62. The summed E-state index contributed by atoms with van der Waals surface area (Å²) >= 11 is 0. The summed E-state index contributed by atoms with van der Waals surface area (Å²) in [7, 11) is 1.65. The molecule has 0 N–H and O–H groups in total. The SMILES string of the molecule is C=CC[C@H](OCOC)[C@@H]1[C@@H]2OC(C)(C)O[C@@H]2[C@@H](COC(c2ccccc2)(c2ccccc2)c2ccccc2)N1Cc1ccccc1. The van der Waals surface area contributed by atoms with E-state index in [1.165, 1.54) is 5.56 Å². The van der Waals surface area contributed by atoms with E-state index in [9.17, 15) is 0 Å². The lowest BCUT2D eigenvalue weighted by Crippen LogP contribution is -2.51. The summed E-state index contributed by atoms with van der Waals surface area (Å²) in [5.74, 6) is -0.750. The van der Waals surface area contributed by atoms with Gasteiger partial charge in [0.1, 0.15) is 24.6 Å². The first-order valence-electron chi connectivity index (χ1n) is 16.1. The van der Waals surface area contributed by atoms with E-state index in [4.69, 9.17) is 23.7 Å². The summed E-state index contributed by atoms with van der Waals surface area (Å²) in [6.45, 7) is 9.27. The number of hydrogen-bond acceptors (Lipinski definition) is 6. The zero-order valence-electron chi connectivity index (χ0n) is 27.0. The van der Waals surface area contributed by atoms with Crippen LogP contribution < -0.4 is 0 Å². The van der Waals surface area contributed by atoms with E-state index in [0.717, 1.165) is 16.7 Å². The summed E-state index contributed by atoms with van der Waals surface area (Å²) in [6, 6.07) is 41.8. The number of fused-ring (bicyclic) bond motifs is 1. The molecule has 2 heterocycles. The molecule has 240 valence electrons. The molecule has 4 aromatic rings. The first-order valence-corrected chi connectivity index (χ1v) is 16.1. The van der Waals surface area contributed by atoms with Gasteiger partial charge in [0.15, 0.2) is 5.79 Å². The highest BCUT2D eigenvalue weighted by atomic mass is 16.8. The van der Waals surface area contributed by atoms with Crippen LogP contribution >= 0.6 is 0 Å². The van der Waals surface area contributed by atoms with E-state index in [1.807, 2.05) is 44.2 Å². The van der Waals surface area contributed by atoms with E-state index in [1.54, 1.807) is 7.11 Å². The Morgan fingerprint density at radius 1 is 0.783 bits per heavy atom. The molecule has 6 heteroatoms. The molecule has 46 heavy (non-hydrogen) atoms. The summed E-state index contributed by atoms with van der Waals surface area (Å²) in [6.07, 6.45) is 1.84. The van der Waals surface area contributed by atoms with Crippen LogP contribution in [0.2, 0.25) is 0 Å². The van der Waals surface area contributed by atoms with Gasteiger partial charge in [-0.25, -0.2) is 0 Å². The molecule has 5 atom stereocenters. The van der Waals surface area contributed by atoms with Crippen molar-refractivity contribution in [1.29, 1.82) is 0 Å². The summed E-state index contributed by atoms with van der Waals surface area (Å²) < 4.78 is 32.6. The Labute approximate surface area is 273 Å². The number of nitrogens with zero attached hydrogens (tertiary/aromatic N) is 1. The number of benzene rings is 4. The van der Waals surface area contributed by atoms with Gasteiger partial charge in [0.25, 0.3) is 0 Å². The van der Waals surface area contributed by atoms with Crippen LogP contribution in [0.15, 0.2) is 134 Å². The fourth-order valence-electron chi connectivity index (χ4n) is 7.21. The number of methoxy groups -OCH3 is 1. The third kappa shape index (κ3) is 6.60. The smallest absolute Gasteiger partial charge is 0.163 e. The number of ether oxygens (including phenoxy) is 5. The van der Waals surface area contributed by atoms with Gasteiger partial charge in [-0.1, -0.05) is 127 Å². The fourth-order valence-corrected chi connectivity index (χ4v) is 7.21. The van der Waals surface area contributed by atoms with E-state index in [2.05, 4.69) is 109 Å². The largest absolute Gasteiger partial charge is 0.359 e. The van der Waals surface area contributed by atoms with Crippen molar-refractivity contribution in [3.05, 3.63) is 156 Å². The van der Waals surface area contributed by atoms with Crippen LogP contribution in [0.4, 0.5) is 0 Å². The van der Waals surface area contributed by atoms with Gasteiger partial charge in [-0.05, 0) is 42.5 Å². The monoisotopic (exact) mass is 619 g/mol. The molecular weight excluding hydrogens is 574 g/mol. The van der Waals surface area contributed by atoms with Crippen LogP contribution in [0.25, 0.3) is 0 Å². The average molecular weight is 620 g/mol. The van der Waals surface area contributed by atoms with Crippen molar-refractivity contribution >= 4 is 0 Å². The second-order valence-corrected chi connectivity index (χ2v) is 12.5. The normalized spacial score (nSPS) is 23.2. The van der Waals surface area contributed by atoms with Crippen LogP contribution in [0, 0.1) is 0 Å². The molecule has 0 bridgehead atoms. The van der Waals surface area contributed by atoms with Crippen LogP contribution in [-0.4, -0.2) is 61.6 Å². The van der Waals surface area contributed by atoms with Crippen molar-refractivity contribution in [1.82, 2.24) is 4.90 Å². The molecule has 0 radical (unpaired) electrons. The van der Waals surface area contributed by atoms with Crippen molar-refractivity contribution in [2.75, 3.05) is 20.5 Å². The van der Waals surface area contributed by atoms with E-state index < -0.39 is 11.4 Å². The minimum absolute atomic E-state index is 0.131. The predicted octanol–water partition coefficient (Wildman–Crippen LogP) is 7.33. The van der Waals surface area contributed by atoms with Gasteiger partial charge in [-0.3, -0.25) is 4.90 Å². The molecule has 0 aliphatic carbocycles. The molecule has 2 aliphatic heterocycles. The molecule has 6 rings (SSSR count). The van der Waals surface area contributed by atoms with E-state index in [-0.39, 0.29) is 37.2 Å². The molecule has 0 aromatic heterocycles. The van der Waals surface area contributed by atoms with Crippen molar-refractivity contribution in [3.63, 3.8) is 0 Å². The second-order valence-electron chi connectivity index (χ2n) is 12.5. The van der Waals surface area contributed by atoms with Gasteiger partial charge < -0.3 is 23.7 Å². The lowest BCUT2D eigenvalue weighted by molar-refractivity contribution is -0.187. The lowest BCUT2D eigenvalue weighted by atomic mass is 9.80. The highest BCUT2D eigenvalue weighted by Gasteiger charge is 2.60. The third-order valence-electron chi connectivity index (χ3n) is 9.09. The lowest BCUT2D eigenvalue weighted by Gasteiger charge is -2.40. The first kappa shape index (κ1) is 32.3. The van der Waals surface area contributed by atoms with Gasteiger partial charge in [-0.15, -0.1) is 6.58 Å². The molecule has 0 amide bonds. The van der Waals surface area contributed by atoms with E-state index in [0.29, 0.717) is 19.6 Å². The standard InChI is InChI=1S/C40H45NO5/c1-5-18-35(43-29-42-4)36-38-37(45-39(2,3)46-38)34(41(36)27-30-19-10-6-11-20-30)28-44-40(31-21-12-7-13-22-31,32-23-14-8-15-24-32)33-25-16-9-17-26-33/h5-17,19-26,34-38H,1,18,27-29H2,2-4H3/t34-,35+,36-,37-,38+/m1/s1. The van der Waals surface area contributed by atoms with Crippen molar-refractivity contribution in [2.45, 2.75) is 68.6 Å². The maximum atomic E-state index is 7.42. The Bertz CT molecular complexity index is 1420. The van der Waals surface area contributed by atoms with Crippen LogP contribution in [0.5, 0.6) is 0 Å². The van der Waals surface area contributed by atoms with Crippen LogP contribution in [0.3, 0.4) is 0 Å². The van der Waals surface area contributed by atoms with Gasteiger partial charge in [-0.2, -0.15) is 0 Å². The first-order chi connectivity index (χ1) is 22.5. The second kappa shape index (κ2) is 14.4. The van der Waals surface area contributed by atoms with Crippen LogP contribution in [0.1, 0.15) is 42.5 Å². The van der Waals surface area contributed by atoms with Gasteiger partial charge in [0.2, 0.25) is 0 Å². The fraction of sp³-hybridized carbons (Fsp3) is 0.350. The molecule has 0 saturated carbocycles. The Kier molecular flexibility index (Phi) is 10.1. The number of hydrogen-bond donors (Lipinski definition) is 0. The minimum Gasteiger partial charge on any atom is -0.359 e. The van der Waals surface area contributed by atoms with Gasteiger partial charge >= 0.3 is 0 Å². The zero-order valence-corrected chi connectivity index (χ0v) is 27.0. The Balaban J connectivity index is 1.46. The summed E-state index contributed by atoms with van der Waals surface area (Å²) in [4.78, 5) is 2.47. The summed E-state index contributed by atoms with van der Waals surface area (Å²) in [5, 5.41) is 0. The van der Waals surface area contributed by atoms with Crippen LogP contribution in [-0.2, 0) is 35.8 Å². The Morgan fingerprint density at radius 2 is 1.28 bits per heavy atom. The highest BCUT2D eigenvalue weighted by Crippen LogP contribution is 2.46. The van der Waals surface area contributed by atoms with Gasteiger partial charge in [0, 0.05) is 13.7 Å². The molecule has 2 fully saturated rings. The maximum absolute atomic E-state index is 7.42. The predicted molar refractivity (Wildman–Crippen MR) is 180 cm³/mol. The molecule has 4 aromatic carbocycles. The molecule has 0 spiro atoms. The molecular formula is C40H45NO5. The van der Waals surface area contributed by atoms with Crippen molar-refractivity contribution in [3.8, 4) is 0 Å². The quantitative estimate of drug-likeness (QED) is 0.0837. The molecule has 6 nitrogen and oxygen atoms in total. The molecule has 0 unspecified atom stereocenters. The van der Waals surface area contributed by atoms with Crippen molar-refractivity contribution in [2.24, 2.45) is 0 Å². The number of likely N-dealkylation sites (tertiary alicyclic amines) is 1. The topological polar surface area (TPSA) is 49.4 Å². The summed E-state index contributed by atoms with van der Waals surface area (Å²) in [5.41, 5.74) is 3.51. The highest BCUT2D eigenvalue weighted by molar-refractivity contribution is 5.47. The van der Waals surface area contributed by atoms with Crippen molar-refractivity contribution < 1.29 is 23.7 Å². The minimum atomic E-state index is -0.863. The zero-order chi connectivity index (χ0) is 32.0.